The van der Waals surface area contributed by atoms with Gasteiger partial charge in [-0.15, -0.1) is 0 Å². The number of nitrogens with zero attached hydrogens (tertiary/aromatic N) is 1. The maximum atomic E-state index is 12.5. The first kappa shape index (κ1) is 16.1. The van der Waals surface area contributed by atoms with Gasteiger partial charge >= 0.3 is 0 Å². The molecule has 2 atom stereocenters. The number of hydrogen-bond donors (Lipinski definition) is 1. The van der Waals surface area contributed by atoms with Gasteiger partial charge in [0, 0.05) is 0 Å². The lowest BCUT2D eigenvalue weighted by Crippen LogP contribution is -2.39. The molecular weight excluding hydrogens is 300 g/mol. The molecule has 24 heavy (non-hydrogen) atoms. The summed E-state index contributed by atoms with van der Waals surface area (Å²) in [5.41, 5.74) is 1.70. The molecule has 0 unspecified atom stereocenters. The van der Waals surface area contributed by atoms with Crippen molar-refractivity contribution in [2.45, 2.75) is 31.9 Å². The Kier molecular flexibility index (Phi) is 4.81. The van der Waals surface area contributed by atoms with Crippen LogP contribution in [0.2, 0.25) is 0 Å². The molecule has 0 bridgehead atoms. The van der Waals surface area contributed by atoms with Crippen LogP contribution in [0.15, 0.2) is 54.6 Å². The third-order valence-corrected chi connectivity index (χ3v) is 4.22. The SMILES string of the molecule is C[C@H](Oc1ccc(C#N)cc1)C(=O)N[C@@H](c1ccccc1)C1CC1. The third-order valence-electron chi connectivity index (χ3n) is 4.22. The van der Waals surface area contributed by atoms with Crippen LogP contribution in [0.25, 0.3) is 0 Å². The largest absolute Gasteiger partial charge is 0.481 e. The highest BCUT2D eigenvalue weighted by atomic mass is 16.5. The van der Waals surface area contributed by atoms with Crippen LogP contribution in [0, 0.1) is 17.2 Å². The molecule has 1 saturated carbocycles. The number of nitrogens with one attached hydrogen (secondary N) is 1. The van der Waals surface area contributed by atoms with Crippen molar-refractivity contribution in [2.75, 3.05) is 0 Å². The zero-order valence-electron chi connectivity index (χ0n) is 13.6. The molecular formula is C20H20N2O2. The van der Waals surface area contributed by atoms with Gasteiger partial charge in [0.2, 0.25) is 0 Å². The van der Waals surface area contributed by atoms with Crippen molar-refractivity contribution < 1.29 is 9.53 Å². The molecule has 1 aliphatic rings. The van der Waals surface area contributed by atoms with Crippen molar-refractivity contribution in [2.24, 2.45) is 5.92 Å². The predicted octanol–water partition coefficient (Wildman–Crippen LogP) is 3.59. The predicted molar refractivity (Wildman–Crippen MR) is 91.3 cm³/mol. The average molecular weight is 320 g/mol. The Morgan fingerprint density at radius 1 is 1.17 bits per heavy atom. The van der Waals surface area contributed by atoms with Gasteiger partial charge in [-0.2, -0.15) is 5.26 Å². The second-order valence-electron chi connectivity index (χ2n) is 6.13. The van der Waals surface area contributed by atoms with Gasteiger partial charge in [0.15, 0.2) is 6.10 Å². The van der Waals surface area contributed by atoms with Gasteiger partial charge in [-0.1, -0.05) is 30.3 Å². The van der Waals surface area contributed by atoms with Crippen LogP contribution in [0.1, 0.15) is 36.9 Å². The highest BCUT2D eigenvalue weighted by molar-refractivity contribution is 5.81. The van der Waals surface area contributed by atoms with Crippen molar-refractivity contribution in [1.82, 2.24) is 5.32 Å². The van der Waals surface area contributed by atoms with Crippen LogP contribution in [0.4, 0.5) is 0 Å². The summed E-state index contributed by atoms with van der Waals surface area (Å²) in [5.74, 6) is 0.970. The number of benzene rings is 2. The fourth-order valence-electron chi connectivity index (χ4n) is 2.70. The first-order valence-corrected chi connectivity index (χ1v) is 8.19. The average Bonchev–Trinajstić information content (AvgIpc) is 3.45. The lowest BCUT2D eigenvalue weighted by atomic mass is 10.0. The van der Waals surface area contributed by atoms with Gasteiger partial charge in [0.1, 0.15) is 5.75 Å². The summed E-state index contributed by atoms with van der Waals surface area (Å²) >= 11 is 0. The molecule has 0 aromatic heterocycles. The topological polar surface area (TPSA) is 62.1 Å². The molecule has 2 aromatic carbocycles. The summed E-state index contributed by atoms with van der Waals surface area (Å²) in [5, 5.41) is 11.9. The van der Waals surface area contributed by atoms with E-state index in [1.807, 2.05) is 18.2 Å². The molecule has 1 amide bonds. The van der Waals surface area contributed by atoms with Gasteiger partial charge in [-0.05, 0) is 55.5 Å². The Balaban J connectivity index is 1.63. The van der Waals surface area contributed by atoms with Crippen LogP contribution < -0.4 is 10.1 Å². The van der Waals surface area contributed by atoms with Crippen molar-refractivity contribution in [3.8, 4) is 11.8 Å². The molecule has 122 valence electrons. The Morgan fingerprint density at radius 2 is 1.83 bits per heavy atom. The van der Waals surface area contributed by atoms with E-state index in [9.17, 15) is 4.79 Å². The van der Waals surface area contributed by atoms with E-state index in [1.165, 1.54) is 0 Å². The Hall–Kier alpha value is -2.80. The van der Waals surface area contributed by atoms with E-state index in [0.29, 0.717) is 17.2 Å². The van der Waals surface area contributed by atoms with Crippen molar-refractivity contribution in [1.29, 1.82) is 5.26 Å². The van der Waals surface area contributed by atoms with Crippen molar-refractivity contribution >= 4 is 5.91 Å². The smallest absolute Gasteiger partial charge is 0.261 e. The molecule has 0 spiro atoms. The number of ether oxygens (including phenoxy) is 1. The fraction of sp³-hybridized carbons (Fsp3) is 0.300. The van der Waals surface area contributed by atoms with Crippen molar-refractivity contribution in [3.63, 3.8) is 0 Å². The maximum Gasteiger partial charge on any atom is 0.261 e. The first-order chi connectivity index (χ1) is 11.7. The lowest BCUT2D eigenvalue weighted by molar-refractivity contribution is -0.128. The number of carbonyl (C=O) groups excluding carboxylic acids is 1. The second-order valence-corrected chi connectivity index (χ2v) is 6.13. The highest BCUT2D eigenvalue weighted by Crippen LogP contribution is 2.41. The standard InChI is InChI=1S/C20H20N2O2/c1-14(24-18-11-7-15(13-21)8-12-18)20(23)22-19(17-9-10-17)16-5-3-2-4-6-16/h2-8,11-12,14,17,19H,9-10H2,1H3,(H,22,23)/t14-,19-/m0/s1. The van der Waals surface area contributed by atoms with Crippen LogP contribution in [-0.4, -0.2) is 12.0 Å². The molecule has 4 nitrogen and oxygen atoms in total. The highest BCUT2D eigenvalue weighted by Gasteiger charge is 2.34. The van der Waals surface area contributed by atoms with Gasteiger partial charge in [-0.25, -0.2) is 0 Å². The lowest BCUT2D eigenvalue weighted by Gasteiger charge is -2.22. The second kappa shape index (κ2) is 7.18. The summed E-state index contributed by atoms with van der Waals surface area (Å²) in [4.78, 5) is 12.5. The van der Waals surface area contributed by atoms with Crippen LogP contribution in [0.3, 0.4) is 0 Å². The first-order valence-electron chi connectivity index (χ1n) is 8.19. The van der Waals surface area contributed by atoms with Crippen LogP contribution >= 0.6 is 0 Å². The molecule has 0 saturated heterocycles. The number of hydrogen-bond acceptors (Lipinski definition) is 3. The molecule has 1 aliphatic carbocycles. The maximum absolute atomic E-state index is 12.5. The summed E-state index contributed by atoms with van der Waals surface area (Å²) < 4.78 is 5.69. The number of carbonyl (C=O) groups is 1. The van der Waals surface area contributed by atoms with E-state index < -0.39 is 6.10 Å². The van der Waals surface area contributed by atoms with E-state index in [4.69, 9.17) is 10.00 Å². The van der Waals surface area contributed by atoms with E-state index in [-0.39, 0.29) is 11.9 Å². The normalized spacial score (nSPS) is 15.8. The van der Waals surface area contributed by atoms with E-state index >= 15 is 0 Å². The molecule has 1 N–H and O–H groups in total. The van der Waals surface area contributed by atoms with Gasteiger partial charge < -0.3 is 10.1 Å². The van der Waals surface area contributed by atoms with Gasteiger partial charge in [0.25, 0.3) is 5.91 Å². The quantitative estimate of drug-likeness (QED) is 0.884. The van der Waals surface area contributed by atoms with Crippen molar-refractivity contribution in [3.05, 3.63) is 65.7 Å². The Labute approximate surface area is 142 Å². The molecule has 0 heterocycles. The molecule has 0 aliphatic heterocycles. The fourth-order valence-corrected chi connectivity index (χ4v) is 2.70. The zero-order chi connectivity index (χ0) is 16.9. The third kappa shape index (κ3) is 3.94. The minimum Gasteiger partial charge on any atom is -0.481 e. The Morgan fingerprint density at radius 3 is 2.42 bits per heavy atom. The molecule has 2 aromatic rings. The number of amides is 1. The van der Waals surface area contributed by atoms with Gasteiger partial charge in [-0.3, -0.25) is 4.79 Å². The minimum absolute atomic E-state index is 0.0470. The molecule has 4 heteroatoms. The summed E-state index contributed by atoms with van der Waals surface area (Å²) in [6.07, 6.45) is 1.69. The molecule has 3 rings (SSSR count). The summed E-state index contributed by atoms with van der Waals surface area (Å²) in [6.45, 7) is 1.74. The molecule has 0 radical (unpaired) electrons. The summed E-state index contributed by atoms with van der Waals surface area (Å²) in [6, 6.07) is 18.9. The van der Waals surface area contributed by atoms with E-state index in [0.717, 1.165) is 18.4 Å². The Bertz CT molecular complexity index is 730. The molecule has 1 fully saturated rings. The zero-order valence-corrected chi connectivity index (χ0v) is 13.6. The minimum atomic E-state index is -0.595. The number of nitriles is 1. The monoisotopic (exact) mass is 320 g/mol. The van der Waals surface area contributed by atoms with Crippen LogP contribution in [-0.2, 0) is 4.79 Å². The van der Waals surface area contributed by atoms with Gasteiger partial charge in [0.05, 0.1) is 17.7 Å². The van der Waals surface area contributed by atoms with E-state index in [1.54, 1.807) is 31.2 Å². The number of rotatable bonds is 6. The van der Waals surface area contributed by atoms with Crippen LogP contribution in [0.5, 0.6) is 5.75 Å². The summed E-state index contributed by atoms with van der Waals surface area (Å²) in [7, 11) is 0. The van der Waals surface area contributed by atoms with E-state index in [2.05, 4.69) is 23.5 Å².